The molecule has 0 amide bonds. The third-order valence-electron chi connectivity index (χ3n) is 3.33. The summed E-state index contributed by atoms with van der Waals surface area (Å²) in [5, 5.41) is 6.07. The van der Waals surface area contributed by atoms with E-state index in [-0.39, 0.29) is 0 Å². The molecule has 4 nitrogen and oxygen atoms in total. The van der Waals surface area contributed by atoms with Crippen molar-refractivity contribution in [2.45, 2.75) is 19.8 Å². The first kappa shape index (κ1) is 13.8. The van der Waals surface area contributed by atoms with E-state index in [2.05, 4.69) is 27.2 Å². The van der Waals surface area contributed by atoms with Gasteiger partial charge in [-0.3, -0.25) is 4.98 Å². The monoisotopic (exact) mass is 298 g/mol. The van der Waals surface area contributed by atoms with E-state index in [0.717, 1.165) is 40.7 Å². The minimum absolute atomic E-state index is 0.510. The van der Waals surface area contributed by atoms with Crippen molar-refractivity contribution < 1.29 is 0 Å². The van der Waals surface area contributed by atoms with E-state index < -0.39 is 0 Å². The van der Waals surface area contributed by atoms with Crippen LogP contribution in [0.15, 0.2) is 43.0 Å². The van der Waals surface area contributed by atoms with Crippen LogP contribution in [-0.4, -0.2) is 15.0 Å². The van der Waals surface area contributed by atoms with Crippen LogP contribution >= 0.6 is 11.6 Å². The molecule has 2 aromatic heterocycles. The summed E-state index contributed by atoms with van der Waals surface area (Å²) in [6.45, 7) is 2.11. The highest BCUT2D eigenvalue weighted by Gasteiger charge is 2.10. The van der Waals surface area contributed by atoms with E-state index >= 15 is 0 Å². The summed E-state index contributed by atoms with van der Waals surface area (Å²) >= 11 is 6.19. The second-order valence-electron chi connectivity index (χ2n) is 4.77. The quantitative estimate of drug-likeness (QED) is 0.726. The number of benzene rings is 1. The lowest BCUT2D eigenvalue weighted by atomic mass is 10.1. The maximum Gasteiger partial charge on any atom is 0.138 e. The van der Waals surface area contributed by atoms with E-state index in [1.54, 1.807) is 6.20 Å². The van der Waals surface area contributed by atoms with E-state index in [0.29, 0.717) is 5.15 Å². The smallest absolute Gasteiger partial charge is 0.138 e. The van der Waals surface area contributed by atoms with E-state index in [1.807, 2.05) is 30.5 Å². The Kier molecular flexibility index (Phi) is 3.97. The Morgan fingerprint density at radius 3 is 2.95 bits per heavy atom. The van der Waals surface area contributed by atoms with Gasteiger partial charge in [0.2, 0.25) is 0 Å². The molecule has 0 unspecified atom stereocenters. The number of pyridine rings is 1. The van der Waals surface area contributed by atoms with Gasteiger partial charge in [0.1, 0.15) is 17.3 Å². The van der Waals surface area contributed by atoms with E-state index in [1.165, 1.54) is 6.33 Å². The second-order valence-corrected chi connectivity index (χ2v) is 5.13. The zero-order chi connectivity index (χ0) is 14.7. The molecule has 0 aliphatic heterocycles. The van der Waals surface area contributed by atoms with Crippen LogP contribution in [0, 0.1) is 0 Å². The minimum Gasteiger partial charge on any atom is -0.339 e. The zero-order valence-corrected chi connectivity index (χ0v) is 12.4. The topological polar surface area (TPSA) is 50.7 Å². The molecule has 0 aliphatic carbocycles. The van der Waals surface area contributed by atoms with Crippen LogP contribution < -0.4 is 5.32 Å². The molecule has 1 N–H and O–H groups in total. The molecule has 5 heteroatoms. The molecule has 2 heterocycles. The van der Waals surface area contributed by atoms with Crippen LogP contribution in [-0.2, 0) is 6.42 Å². The van der Waals surface area contributed by atoms with Gasteiger partial charge >= 0.3 is 0 Å². The number of aromatic nitrogens is 3. The van der Waals surface area contributed by atoms with Gasteiger partial charge < -0.3 is 5.32 Å². The third-order valence-corrected chi connectivity index (χ3v) is 3.65. The fourth-order valence-electron chi connectivity index (χ4n) is 2.33. The standard InChI is InChI=1S/C16H15ClN4/c1-2-4-13-15(17)19-10-20-16(13)21-14-6-3-5-11-9-18-8-7-12(11)14/h3,5-10H,2,4H2,1H3,(H,19,20,21). The number of fused-ring (bicyclic) bond motifs is 1. The average molecular weight is 299 g/mol. The Bertz CT molecular complexity index is 768. The number of halogens is 1. The SMILES string of the molecule is CCCc1c(Cl)ncnc1Nc1cccc2cnccc12. The van der Waals surface area contributed by atoms with Crippen molar-refractivity contribution in [2.24, 2.45) is 0 Å². The highest BCUT2D eigenvalue weighted by molar-refractivity contribution is 6.30. The fraction of sp³-hybridized carbons (Fsp3) is 0.188. The third kappa shape index (κ3) is 2.81. The molecule has 0 saturated heterocycles. The lowest BCUT2D eigenvalue weighted by molar-refractivity contribution is 0.904. The molecule has 0 saturated carbocycles. The first-order chi connectivity index (χ1) is 10.3. The van der Waals surface area contributed by atoms with Gasteiger partial charge in [-0.15, -0.1) is 0 Å². The Morgan fingerprint density at radius 2 is 2.10 bits per heavy atom. The summed E-state index contributed by atoms with van der Waals surface area (Å²) in [7, 11) is 0. The van der Waals surface area contributed by atoms with Gasteiger partial charge in [0, 0.05) is 34.4 Å². The van der Waals surface area contributed by atoms with Crippen LogP contribution in [0.25, 0.3) is 10.8 Å². The molecule has 21 heavy (non-hydrogen) atoms. The van der Waals surface area contributed by atoms with Crippen LogP contribution in [0.3, 0.4) is 0 Å². The molecule has 0 bridgehead atoms. The molecule has 0 fully saturated rings. The van der Waals surface area contributed by atoms with Crippen LogP contribution in [0.1, 0.15) is 18.9 Å². The number of nitrogens with zero attached hydrogens (tertiary/aromatic N) is 3. The maximum absolute atomic E-state index is 6.19. The molecule has 0 spiro atoms. The lowest BCUT2D eigenvalue weighted by Crippen LogP contribution is -2.01. The van der Waals surface area contributed by atoms with Crippen molar-refractivity contribution >= 4 is 33.9 Å². The molecule has 0 radical (unpaired) electrons. The van der Waals surface area contributed by atoms with Crippen molar-refractivity contribution in [3.05, 3.63) is 53.7 Å². The van der Waals surface area contributed by atoms with Gasteiger partial charge in [0.15, 0.2) is 0 Å². The lowest BCUT2D eigenvalue weighted by Gasteiger charge is -2.13. The predicted molar refractivity (Wildman–Crippen MR) is 86.1 cm³/mol. The Hall–Kier alpha value is -2.20. The minimum atomic E-state index is 0.510. The van der Waals surface area contributed by atoms with Gasteiger partial charge in [-0.2, -0.15) is 0 Å². The Balaban J connectivity index is 2.05. The van der Waals surface area contributed by atoms with Gasteiger partial charge in [-0.1, -0.05) is 37.1 Å². The normalized spacial score (nSPS) is 10.8. The number of hydrogen-bond acceptors (Lipinski definition) is 4. The largest absolute Gasteiger partial charge is 0.339 e. The second kappa shape index (κ2) is 6.06. The summed E-state index contributed by atoms with van der Waals surface area (Å²) in [6, 6.07) is 8.04. The summed E-state index contributed by atoms with van der Waals surface area (Å²) in [4.78, 5) is 12.6. The van der Waals surface area contributed by atoms with Crippen molar-refractivity contribution in [1.82, 2.24) is 15.0 Å². The van der Waals surface area contributed by atoms with Gasteiger partial charge in [0.25, 0.3) is 0 Å². The number of nitrogens with one attached hydrogen (secondary N) is 1. The molecule has 3 aromatic rings. The highest BCUT2D eigenvalue weighted by Crippen LogP contribution is 2.28. The molecule has 106 valence electrons. The van der Waals surface area contributed by atoms with Gasteiger partial charge in [-0.05, 0) is 18.6 Å². The Morgan fingerprint density at radius 1 is 1.19 bits per heavy atom. The summed E-state index contributed by atoms with van der Waals surface area (Å²) in [6.07, 6.45) is 6.94. The average Bonchev–Trinajstić information content (AvgIpc) is 2.51. The predicted octanol–water partition coefficient (Wildman–Crippen LogP) is 4.37. The van der Waals surface area contributed by atoms with Gasteiger partial charge in [-0.25, -0.2) is 9.97 Å². The fourth-order valence-corrected chi connectivity index (χ4v) is 2.56. The number of anilines is 2. The molecular weight excluding hydrogens is 284 g/mol. The summed E-state index contributed by atoms with van der Waals surface area (Å²) in [5.74, 6) is 0.765. The van der Waals surface area contributed by atoms with Crippen LogP contribution in [0.4, 0.5) is 11.5 Å². The highest BCUT2D eigenvalue weighted by atomic mass is 35.5. The Labute approximate surface area is 128 Å². The summed E-state index contributed by atoms with van der Waals surface area (Å²) in [5.41, 5.74) is 1.94. The molecule has 0 aliphatic rings. The van der Waals surface area contributed by atoms with Crippen molar-refractivity contribution in [2.75, 3.05) is 5.32 Å². The maximum atomic E-state index is 6.19. The number of rotatable bonds is 4. The van der Waals surface area contributed by atoms with E-state index in [4.69, 9.17) is 11.6 Å². The van der Waals surface area contributed by atoms with E-state index in [9.17, 15) is 0 Å². The van der Waals surface area contributed by atoms with Gasteiger partial charge in [0.05, 0.1) is 0 Å². The molecule has 1 aromatic carbocycles. The van der Waals surface area contributed by atoms with Crippen LogP contribution in [0.5, 0.6) is 0 Å². The van der Waals surface area contributed by atoms with Crippen molar-refractivity contribution in [3.63, 3.8) is 0 Å². The number of hydrogen-bond donors (Lipinski definition) is 1. The molecular formula is C16H15ClN4. The molecule has 3 rings (SSSR count). The van der Waals surface area contributed by atoms with Crippen molar-refractivity contribution in [3.8, 4) is 0 Å². The summed E-state index contributed by atoms with van der Waals surface area (Å²) < 4.78 is 0. The first-order valence-electron chi connectivity index (χ1n) is 6.88. The van der Waals surface area contributed by atoms with Crippen molar-refractivity contribution in [1.29, 1.82) is 0 Å². The van der Waals surface area contributed by atoms with Crippen LogP contribution in [0.2, 0.25) is 5.15 Å². The zero-order valence-electron chi connectivity index (χ0n) is 11.7. The molecule has 0 atom stereocenters. The first-order valence-corrected chi connectivity index (χ1v) is 7.26.